The first-order valence-corrected chi connectivity index (χ1v) is 32.9. The minimum absolute atomic E-state index is 0.0690. The Hall–Kier alpha value is -3.78. The van der Waals surface area contributed by atoms with Crippen molar-refractivity contribution >= 4 is 48.1 Å². The van der Waals surface area contributed by atoms with Crippen molar-refractivity contribution in [3.8, 4) is 44.5 Å². The monoisotopic (exact) mass is 1030 g/mol. The summed E-state index contributed by atoms with van der Waals surface area (Å²) in [7, 11) is 11.0. The van der Waals surface area contributed by atoms with Gasteiger partial charge in [-0.15, -0.1) is 69.1 Å². The molecule has 8 aromatic carbocycles. The third kappa shape index (κ3) is 13.8. The van der Waals surface area contributed by atoms with Crippen molar-refractivity contribution in [1.82, 2.24) is 0 Å². The van der Waals surface area contributed by atoms with Crippen molar-refractivity contribution in [1.29, 1.82) is 0 Å². The Kier molecular flexibility index (Phi) is 19.8. The number of halogens is 2. The Balaban J connectivity index is 0.000000228. The summed E-state index contributed by atoms with van der Waals surface area (Å²) in [5, 5.41) is 5.37. The van der Waals surface area contributed by atoms with Crippen LogP contribution in [-0.2, 0) is 31.7 Å². The van der Waals surface area contributed by atoms with E-state index < -0.39 is 20.8 Å². The van der Waals surface area contributed by atoms with Crippen molar-refractivity contribution in [2.75, 3.05) is 0 Å². The molecule has 0 saturated carbocycles. The van der Waals surface area contributed by atoms with Gasteiger partial charge in [-0.1, -0.05) is 230 Å². The molecule has 4 heteroatoms. The first kappa shape index (κ1) is 55.2. The van der Waals surface area contributed by atoms with Crippen LogP contribution in [0, 0.1) is 0 Å². The second-order valence-electron chi connectivity index (χ2n) is 21.7. The molecular weight excluding hydrogens is 959 g/mol. The molecule has 0 aliphatic rings. The molecule has 0 heterocycles. The van der Waals surface area contributed by atoms with E-state index in [-0.39, 0.29) is 10.8 Å². The molecule has 354 valence electrons. The van der Waals surface area contributed by atoms with Crippen LogP contribution in [0.4, 0.5) is 0 Å². The normalized spacial score (nSPS) is 11.6. The van der Waals surface area contributed by atoms with Crippen LogP contribution in [0.25, 0.3) is 66.1 Å². The van der Waals surface area contributed by atoms with Crippen molar-refractivity contribution in [2.24, 2.45) is 0 Å². The van der Waals surface area contributed by atoms with Crippen LogP contribution in [0.2, 0.25) is 13.1 Å². The summed E-state index contributed by atoms with van der Waals surface area (Å²) >= 11 is -0.826. The van der Waals surface area contributed by atoms with Gasteiger partial charge in [0.15, 0.2) is 0 Å². The molecule has 68 heavy (non-hydrogen) atoms. The Labute approximate surface area is 433 Å². The van der Waals surface area contributed by atoms with Gasteiger partial charge in [-0.2, -0.15) is 0 Å². The van der Waals surface area contributed by atoms with E-state index in [4.69, 9.17) is 17.0 Å². The van der Waals surface area contributed by atoms with Gasteiger partial charge in [0.05, 0.1) is 0 Å². The number of hydrogen-bond acceptors (Lipinski definition) is 0. The molecule has 0 atom stereocenters. The molecule has 0 aliphatic heterocycles. The second-order valence-corrected chi connectivity index (χ2v) is 26.4. The molecule has 8 rings (SSSR count). The molecule has 0 amide bonds. The third-order valence-electron chi connectivity index (χ3n) is 12.8. The Bertz CT molecular complexity index is 2590. The van der Waals surface area contributed by atoms with Gasteiger partial charge in [-0.05, 0) is 90.1 Å². The first-order valence-electron chi connectivity index (χ1n) is 24.6. The van der Waals surface area contributed by atoms with Crippen LogP contribution >= 0.6 is 17.0 Å². The summed E-state index contributed by atoms with van der Waals surface area (Å²) in [5.41, 5.74) is 19.3. The summed E-state index contributed by atoms with van der Waals surface area (Å²) < 4.78 is 0. The van der Waals surface area contributed by atoms with Gasteiger partial charge >= 0.3 is 37.9 Å². The van der Waals surface area contributed by atoms with Crippen molar-refractivity contribution in [3.05, 3.63) is 179 Å². The van der Waals surface area contributed by atoms with E-state index in [0.717, 1.165) is 9.52 Å². The van der Waals surface area contributed by atoms with Gasteiger partial charge in [-0.3, -0.25) is 0 Å². The van der Waals surface area contributed by atoms with E-state index in [0.29, 0.717) is 23.7 Å². The second kappa shape index (κ2) is 24.4. The molecule has 0 saturated heterocycles. The summed E-state index contributed by atoms with van der Waals surface area (Å²) in [5.74, 6) is 2.03. The van der Waals surface area contributed by atoms with E-state index in [1.54, 1.807) is 0 Å². The molecule has 2 radical (unpaired) electrons. The first-order chi connectivity index (χ1) is 32.1. The van der Waals surface area contributed by atoms with Gasteiger partial charge in [0.2, 0.25) is 0 Å². The van der Waals surface area contributed by atoms with E-state index >= 15 is 0 Å². The van der Waals surface area contributed by atoms with Crippen LogP contribution in [0.5, 0.6) is 0 Å². The van der Waals surface area contributed by atoms with E-state index in [1.807, 2.05) is 0 Å². The van der Waals surface area contributed by atoms with Crippen LogP contribution < -0.4 is 0 Å². The zero-order valence-electron chi connectivity index (χ0n) is 43.9. The molecule has 0 fully saturated rings. The minimum atomic E-state index is -0.826. The topological polar surface area (TPSA) is 0 Å². The van der Waals surface area contributed by atoms with Crippen LogP contribution in [0.1, 0.15) is 154 Å². The van der Waals surface area contributed by atoms with Crippen molar-refractivity contribution < 1.29 is 20.8 Å². The van der Waals surface area contributed by atoms with E-state index in [2.05, 4.69) is 256 Å². The maximum absolute atomic E-state index is 4.93. The molecular formula is C64H76Cl2SiZr. The zero-order chi connectivity index (χ0) is 50.1. The number of fused-ring (bicyclic) bond motifs is 2. The van der Waals surface area contributed by atoms with Gasteiger partial charge in [0, 0.05) is 9.52 Å². The Morgan fingerprint density at radius 1 is 0.412 bits per heavy atom. The predicted molar refractivity (Wildman–Crippen MR) is 304 cm³/mol. The fraction of sp³-hybridized carbons (Fsp3) is 0.344. The quantitative estimate of drug-likeness (QED) is 0.105. The molecule has 0 nitrogen and oxygen atoms in total. The van der Waals surface area contributed by atoms with Gasteiger partial charge < -0.3 is 0 Å². The summed E-state index contributed by atoms with van der Waals surface area (Å²) in [6, 6.07) is 54.8. The Morgan fingerprint density at radius 2 is 0.691 bits per heavy atom. The number of hydrogen-bond donors (Lipinski definition) is 0. The summed E-state index contributed by atoms with van der Waals surface area (Å²) in [6.45, 7) is 36.6. The zero-order valence-corrected chi connectivity index (χ0v) is 48.9. The molecule has 0 unspecified atom stereocenters. The molecule has 0 aromatic heterocycles. The number of benzene rings is 6. The fourth-order valence-corrected chi connectivity index (χ4v) is 9.01. The standard InChI is InChI=1S/2C31H35.C2H6Si.2ClH.Zr/c2*1-20(2)24-16-25(21(3)4)18-27(17-24)30-28-19-26(22-11-9-8-10-12-22)15-23(28)13-14-29(30)31(5,6)7;1-3-2;;;/h2*8-21H,1-7H3;1-2H3;2*1H;/q2*-1;;;;+4/p-2. The molecule has 0 bridgehead atoms. The molecule has 8 aromatic rings. The maximum atomic E-state index is 4.93. The van der Waals surface area contributed by atoms with Crippen molar-refractivity contribution in [2.45, 2.75) is 145 Å². The van der Waals surface area contributed by atoms with Crippen molar-refractivity contribution in [3.63, 3.8) is 0 Å². The predicted octanol–water partition coefficient (Wildman–Crippen LogP) is 21.0. The third-order valence-corrected chi connectivity index (χ3v) is 12.8. The average molecular weight is 1040 g/mol. The van der Waals surface area contributed by atoms with E-state index in [1.165, 1.54) is 99.4 Å². The Morgan fingerprint density at radius 3 is 0.941 bits per heavy atom. The van der Waals surface area contributed by atoms with Crippen LogP contribution in [0.3, 0.4) is 0 Å². The summed E-state index contributed by atoms with van der Waals surface area (Å²) in [6.07, 6.45) is 0. The van der Waals surface area contributed by atoms with Gasteiger partial charge in [-0.25, -0.2) is 0 Å². The summed E-state index contributed by atoms with van der Waals surface area (Å²) in [4.78, 5) is 0. The van der Waals surface area contributed by atoms with Crippen LogP contribution in [-0.4, -0.2) is 9.52 Å². The average Bonchev–Trinajstić information content (AvgIpc) is 3.94. The molecule has 0 aliphatic carbocycles. The SMILES string of the molecule is CC(C)c1cc(-c2c(C(C)(C)C)ccc3[cH-]c(-c4ccccc4)cc23)cc(C(C)C)c1.CC(C)c1cc(-c2c(C(C)(C)C)ccc3[cH-]c(-c4ccccc4)cc23)cc(C(C)C)c1.C[Si]C.[Cl][Zr+2][Cl]. The number of rotatable bonds is 8. The molecule has 0 spiro atoms. The van der Waals surface area contributed by atoms with Gasteiger partial charge in [0.1, 0.15) is 0 Å². The molecule has 0 N–H and O–H groups in total. The van der Waals surface area contributed by atoms with E-state index in [9.17, 15) is 0 Å². The van der Waals surface area contributed by atoms with Gasteiger partial charge in [0.25, 0.3) is 0 Å². The van der Waals surface area contributed by atoms with Crippen LogP contribution in [0.15, 0.2) is 146 Å². The fourth-order valence-electron chi connectivity index (χ4n) is 9.01.